The molecule has 0 aliphatic heterocycles. The summed E-state index contributed by atoms with van der Waals surface area (Å²) in [6, 6.07) is 10.2. The van der Waals surface area contributed by atoms with Crippen LogP contribution in [0.5, 0.6) is 5.75 Å². The number of anilines is 1. The molecule has 3 rings (SSSR count). The van der Waals surface area contributed by atoms with Crippen LogP contribution < -0.4 is 15.0 Å². The minimum Gasteiger partial charge on any atom is -0.147 e. The predicted octanol–water partition coefficient (Wildman–Crippen LogP) is 4.75. The largest absolute Gasteiger partial charge is 0.147 e. The van der Waals surface area contributed by atoms with Crippen LogP contribution in [-0.4, -0.2) is 47.8 Å². The average molecular weight is 530 g/mol. The number of benzene rings is 1. The fraction of sp³-hybridized carbons (Fsp3) is 0.478. The molecule has 0 bridgehead atoms. The van der Waals surface area contributed by atoms with Gasteiger partial charge in [0.05, 0.1) is 0 Å². The first kappa shape index (κ1) is 27.6. The van der Waals surface area contributed by atoms with Gasteiger partial charge < -0.3 is 4.90 Å². The number of nitrogens with one attached hydrogen (secondary N) is 1. The summed E-state index contributed by atoms with van der Waals surface area (Å²) in [6.07, 6.45) is 6.35. The second-order valence-corrected chi connectivity index (χ2v) is 10.8. The smallest absolute Gasteiger partial charge is 0.147 e. The molecule has 1 aliphatic rings. The van der Waals surface area contributed by atoms with Gasteiger partial charge in [-0.25, -0.2) is 4.98 Å². The molecule has 1 unspecified atom stereocenters. The van der Waals surface area contributed by atoms with Gasteiger partial charge in [-0.2, -0.15) is 0 Å². The number of methoxy groups -OCH3 is 1. The van der Waals surface area contributed by atoms with Gasteiger partial charge in [0.15, 0.2) is 0 Å². The van der Waals surface area contributed by atoms with Gasteiger partial charge in [-0.05, 0) is 0 Å². The average Bonchev–Trinajstić information content (AvgIpc) is 2.77. The zero-order valence-electron chi connectivity index (χ0n) is 18.7. The van der Waals surface area contributed by atoms with Crippen molar-refractivity contribution in [1.82, 2.24) is 10.3 Å². The number of rotatable bonds is 7. The van der Waals surface area contributed by atoms with E-state index in [-0.39, 0.29) is 52.4 Å². The normalized spacial score (nSPS) is 18.1. The van der Waals surface area contributed by atoms with Gasteiger partial charge >= 0.3 is 145 Å². The number of hydrogen-bond acceptors (Lipinski definition) is 4. The van der Waals surface area contributed by atoms with E-state index in [9.17, 15) is 4.79 Å². The molecule has 0 spiro atoms. The quantitative estimate of drug-likeness (QED) is 0.526. The Hall–Kier alpha value is -1.42. The maximum atomic E-state index is 12.7. The Bertz CT molecular complexity index is 843. The van der Waals surface area contributed by atoms with Crippen molar-refractivity contribution in [3.8, 4) is 16.9 Å². The van der Waals surface area contributed by atoms with Gasteiger partial charge in [0.25, 0.3) is 0 Å². The first-order valence-electron chi connectivity index (χ1n) is 10.3. The van der Waals surface area contributed by atoms with Crippen molar-refractivity contribution in [3.63, 3.8) is 0 Å². The maximum Gasteiger partial charge on any atom is -0.147 e. The second-order valence-electron chi connectivity index (χ2n) is 7.88. The van der Waals surface area contributed by atoms with Gasteiger partial charge in [0.2, 0.25) is 0 Å². The molecular formula is C23H34AsCl2N3O2. The van der Waals surface area contributed by atoms with E-state index < -0.39 is 0 Å². The van der Waals surface area contributed by atoms with Crippen molar-refractivity contribution < 1.29 is 9.53 Å². The number of pyridine rings is 1. The van der Waals surface area contributed by atoms with Crippen molar-refractivity contribution >= 4 is 52.3 Å². The van der Waals surface area contributed by atoms with Crippen LogP contribution in [-0.2, 0) is 11.3 Å². The minimum absolute atomic E-state index is 0. The second kappa shape index (κ2) is 13.2. The molecule has 1 amide bonds. The third-order valence-corrected chi connectivity index (χ3v) is 8.70. The molecule has 0 saturated heterocycles. The van der Waals surface area contributed by atoms with Crippen molar-refractivity contribution in [2.45, 2.75) is 42.6 Å². The monoisotopic (exact) mass is 529 g/mol. The predicted molar refractivity (Wildman–Crippen MR) is 136 cm³/mol. The minimum atomic E-state index is 0. The number of amides is 1. The summed E-state index contributed by atoms with van der Waals surface area (Å²) in [5, 5.41) is 3.16. The van der Waals surface area contributed by atoms with Crippen molar-refractivity contribution in [2.75, 3.05) is 26.1 Å². The summed E-state index contributed by atoms with van der Waals surface area (Å²) in [4.78, 5) is 19.1. The molecule has 1 aromatic carbocycles. The number of nitrogens with zero attached hydrogens (tertiary/aromatic N) is 2. The number of carbonyl (C=O) groups is 1. The summed E-state index contributed by atoms with van der Waals surface area (Å²) in [7, 11) is 5.64. The van der Waals surface area contributed by atoms with E-state index in [1.165, 1.54) is 12.8 Å². The van der Waals surface area contributed by atoms with Gasteiger partial charge in [0.1, 0.15) is 5.82 Å². The Morgan fingerprint density at radius 1 is 1.13 bits per heavy atom. The zero-order valence-corrected chi connectivity index (χ0v) is 22.4. The summed E-state index contributed by atoms with van der Waals surface area (Å²) >= 11 is 0.181. The van der Waals surface area contributed by atoms with Crippen LogP contribution in [0, 0.1) is 5.92 Å². The standard InChI is InChI=1S/C23H32AsN3O2.2ClH/c1-24-20-8-5-16(6-9-20)23(28)26-15-19-13-17(7-10-21(19)29-4)18-11-12-25-22(14-18)27(2)3;;/h7,10-14,16,20,24H,5-6,8-9,15H2,1-4H3,(H,26,28);2*1H. The number of hydrogen-bond donors (Lipinski definition) is 1. The van der Waals surface area contributed by atoms with Crippen LogP contribution in [0.1, 0.15) is 31.2 Å². The molecule has 1 heterocycles. The van der Waals surface area contributed by atoms with Crippen LogP contribution in [0.15, 0.2) is 36.5 Å². The van der Waals surface area contributed by atoms with E-state index in [4.69, 9.17) is 4.74 Å². The molecule has 1 atom stereocenters. The Labute approximate surface area is 205 Å². The molecule has 1 N–H and O–H groups in total. The molecule has 8 heteroatoms. The summed E-state index contributed by atoms with van der Waals surface area (Å²) in [6.45, 7) is 0.489. The van der Waals surface area contributed by atoms with Crippen molar-refractivity contribution in [2.24, 2.45) is 5.92 Å². The molecule has 31 heavy (non-hydrogen) atoms. The molecule has 172 valence electrons. The zero-order chi connectivity index (χ0) is 20.8. The molecule has 0 radical (unpaired) electrons. The van der Waals surface area contributed by atoms with E-state index in [0.717, 1.165) is 45.8 Å². The summed E-state index contributed by atoms with van der Waals surface area (Å²) in [5.41, 5.74) is 5.55. The molecule has 2 aromatic rings. The van der Waals surface area contributed by atoms with E-state index in [2.05, 4.69) is 34.2 Å². The van der Waals surface area contributed by atoms with E-state index in [1.807, 2.05) is 37.3 Å². The van der Waals surface area contributed by atoms with Crippen LogP contribution in [0.3, 0.4) is 0 Å². The number of carbonyl (C=O) groups excluding carboxylic acids is 1. The van der Waals surface area contributed by atoms with Crippen LogP contribution in [0.4, 0.5) is 5.82 Å². The summed E-state index contributed by atoms with van der Waals surface area (Å²) < 4.78 is 6.46. The van der Waals surface area contributed by atoms with Gasteiger partial charge in [0, 0.05) is 20.3 Å². The molecule has 1 saturated carbocycles. The van der Waals surface area contributed by atoms with Gasteiger partial charge in [-0.15, -0.1) is 24.8 Å². The van der Waals surface area contributed by atoms with E-state index in [1.54, 1.807) is 7.11 Å². The molecule has 5 nitrogen and oxygen atoms in total. The molecule has 1 fully saturated rings. The first-order chi connectivity index (χ1) is 14.0. The first-order valence-corrected chi connectivity index (χ1v) is 13.6. The van der Waals surface area contributed by atoms with Gasteiger partial charge in [-0.3, -0.25) is 0 Å². The van der Waals surface area contributed by atoms with Crippen LogP contribution >= 0.6 is 24.8 Å². The summed E-state index contributed by atoms with van der Waals surface area (Å²) in [5.74, 6) is 2.07. The van der Waals surface area contributed by atoms with Gasteiger partial charge in [-0.1, -0.05) is 0 Å². The Morgan fingerprint density at radius 2 is 1.81 bits per heavy atom. The topological polar surface area (TPSA) is 54.5 Å². The Kier molecular flexibility index (Phi) is 11.8. The van der Waals surface area contributed by atoms with Crippen molar-refractivity contribution in [3.05, 3.63) is 42.1 Å². The van der Waals surface area contributed by atoms with E-state index in [0.29, 0.717) is 6.54 Å². The number of halogens is 2. The number of ether oxygens (including phenoxy) is 1. The fourth-order valence-electron chi connectivity index (χ4n) is 3.91. The van der Waals surface area contributed by atoms with Crippen LogP contribution in [0.25, 0.3) is 11.1 Å². The molecule has 1 aromatic heterocycles. The van der Waals surface area contributed by atoms with E-state index >= 15 is 0 Å². The third-order valence-electron chi connectivity index (χ3n) is 5.78. The Balaban J connectivity index is 0.00000240. The Morgan fingerprint density at radius 3 is 2.42 bits per heavy atom. The van der Waals surface area contributed by atoms with Crippen LogP contribution in [0.2, 0.25) is 10.4 Å². The SMILES string of the molecule is COc1ccc(-c2ccnc(N(C)C)c2)cc1CNC(=O)C1CCC([AsH]C)CC1.Cl.Cl. The molecule has 1 aliphatic carbocycles. The fourth-order valence-corrected chi connectivity index (χ4v) is 5.82. The maximum absolute atomic E-state index is 12.7. The number of aromatic nitrogens is 1. The van der Waals surface area contributed by atoms with Crippen molar-refractivity contribution in [1.29, 1.82) is 0 Å². The third kappa shape index (κ3) is 7.30. The molecular weight excluding hydrogens is 496 g/mol.